The van der Waals surface area contributed by atoms with E-state index in [0.717, 1.165) is 18.4 Å². The zero-order chi connectivity index (χ0) is 23.1. The number of pyridine rings is 1. The lowest BCUT2D eigenvalue weighted by Gasteiger charge is -2.16. The topological polar surface area (TPSA) is 101 Å². The fourth-order valence-electron chi connectivity index (χ4n) is 3.15. The Morgan fingerprint density at radius 2 is 1.87 bits per heavy atom. The summed E-state index contributed by atoms with van der Waals surface area (Å²) < 4.78 is 12.4. The highest BCUT2D eigenvalue weighted by Gasteiger charge is 2.22. The van der Waals surface area contributed by atoms with Crippen molar-refractivity contribution in [2.24, 2.45) is 0 Å². The highest BCUT2D eigenvalue weighted by molar-refractivity contribution is 5.90. The number of rotatable bonds is 9. The van der Waals surface area contributed by atoms with Gasteiger partial charge in [0.2, 0.25) is 5.75 Å². The van der Waals surface area contributed by atoms with Crippen molar-refractivity contribution in [2.75, 3.05) is 6.61 Å². The number of allylic oxidation sites excluding steroid dienone is 3. The molecule has 166 valence electrons. The van der Waals surface area contributed by atoms with E-state index < -0.39 is 16.5 Å². The lowest BCUT2D eigenvalue weighted by molar-refractivity contribution is -0.384. The standard InChI is InChI=1S/C23H28N2O6/c1-6-24-20-14-18(25(28)29)10-11-19(20)21(22(23(24)27)31-17(5)26)30-13-12-16(4)9-7-8-15(2)3/h8,10-12,14H,6-7,9,13H2,1-5H3/b16-12+. The van der Waals surface area contributed by atoms with Gasteiger partial charge in [0.25, 0.3) is 11.2 Å². The van der Waals surface area contributed by atoms with Crippen molar-refractivity contribution in [3.63, 3.8) is 0 Å². The Hall–Kier alpha value is -3.42. The Balaban J connectivity index is 2.51. The molecule has 0 bridgehead atoms. The number of hydrogen-bond acceptors (Lipinski definition) is 6. The van der Waals surface area contributed by atoms with Crippen LogP contribution in [0.1, 0.15) is 47.5 Å². The molecule has 0 amide bonds. The first-order valence-electron chi connectivity index (χ1n) is 10.1. The molecule has 0 atom stereocenters. The van der Waals surface area contributed by atoms with Crippen LogP contribution in [-0.4, -0.2) is 22.1 Å². The van der Waals surface area contributed by atoms with Gasteiger partial charge in [-0.25, -0.2) is 0 Å². The third kappa shape index (κ3) is 6.04. The van der Waals surface area contributed by atoms with Gasteiger partial charge in [-0.2, -0.15) is 0 Å². The lowest BCUT2D eigenvalue weighted by Crippen LogP contribution is -2.24. The normalized spacial score (nSPS) is 11.3. The fourth-order valence-corrected chi connectivity index (χ4v) is 3.15. The molecule has 8 nitrogen and oxygen atoms in total. The Labute approximate surface area is 180 Å². The first kappa shape index (κ1) is 23.9. The van der Waals surface area contributed by atoms with E-state index in [0.29, 0.717) is 10.9 Å². The number of fused-ring (bicyclic) bond motifs is 1. The first-order chi connectivity index (χ1) is 14.6. The molecule has 1 heterocycles. The number of nitrogens with zero attached hydrogens (tertiary/aromatic N) is 2. The number of hydrogen-bond donors (Lipinski definition) is 0. The van der Waals surface area contributed by atoms with Crippen LogP contribution in [0.2, 0.25) is 0 Å². The zero-order valence-electron chi connectivity index (χ0n) is 18.6. The van der Waals surface area contributed by atoms with Gasteiger partial charge in [0.05, 0.1) is 10.4 Å². The van der Waals surface area contributed by atoms with Crippen molar-refractivity contribution in [1.82, 2.24) is 4.57 Å². The summed E-state index contributed by atoms with van der Waals surface area (Å²) in [6.45, 7) is 9.43. The van der Waals surface area contributed by atoms with Crippen molar-refractivity contribution >= 4 is 22.6 Å². The number of non-ortho nitro benzene ring substituents is 1. The maximum atomic E-state index is 13.0. The minimum Gasteiger partial charge on any atom is -0.485 e. The zero-order valence-corrected chi connectivity index (χ0v) is 18.6. The molecule has 0 radical (unpaired) electrons. The Bertz CT molecular complexity index is 1110. The summed E-state index contributed by atoms with van der Waals surface area (Å²) in [5.74, 6) is -0.770. The van der Waals surface area contributed by atoms with Crippen LogP contribution in [0.25, 0.3) is 10.9 Å². The molecule has 0 spiro atoms. The molecule has 0 saturated heterocycles. The van der Waals surface area contributed by atoms with E-state index in [9.17, 15) is 19.7 Å². The van der Waals surface area contributed by atoms with E-state index in [4.69, 9.17) is 9.47 Å². The highest BCUT2D eigenvalue weighted by atomic mass is 16.6. The molecule has 0 saturated carbocycles. The second-order valence-electron chi connectivity index (χ2n) is 7.44. The molecule has 0 N–H and O–H groups in total. The van der Waals surface area contributed by atoms with Crippen molar-refractivity contribution in [3.8, 4) is 11.5 Å². The number of carbonyl (C=O) groups excluding carboxylic acids is 1. The van der Waals surface area contributed by atoms with Gasteiger partial charge in [-0.1, -0.05) is 17.2 Å². The van der Waals surface area contributed by atoms with Crippen molar-refractivity contribution in [2.45, 2.75) is 54.0 Å². The molecule has 31 heavy (non-hydrogen) atoms. The summed E-state index contributed by atoms with van der Waals surface area (Å²) in [4.78, 5) is 35.3. The molecule has 1 aromatic heterocycles. The average molecular weight is 428 g/mol. The van der Waals surface area contributed by atoms with E-state index in [-0.39, 0.29) is 30.3 Å². The average Bonchev–Trinajstić information content (AvgIpc) is 2.69. The maximum Gasteiger partial charge on any atom is 0.308 e. The molecule has 8 heteroatoms. The van der Waals surface area contributed by atoms with Crippen molar-refractivity contribution in [3.05, 3.63) is 62.0 Å². The molecule has 0 aliphatic rings. The number of nitro benzene ring substituents is 1. The predicted octanol–water partition coefficient (Wildman–Crippen LogP) is 4.93. The van der Waals surface area contributed by atoms with Crippen LogP contribution >= 0.6 is 0 Å². The van der Waals surface area contributed by atoms with Gasteiger partial charge < -0.3 is 14.0 Å². The van der Waals surface area contributed by atoms with Gasteiger partial charge in [0, 0.05) is 31.0 Å². The molecule has 2 rings (SSSR count). The van der Waals surface area contributed by atoms with Crippen LogP contribution in [0, 0.1) is 10.1 Å². The van der Waals surface area contributed by atoms with Gasteiger partial charge in [-0.05, 0) is 52.7 Å². The molecular formula is C23H28N2O6. The van der Waals surface area contributed by atoms with Gasteiger partial charge in [0.1, 0.15) is 6.61 Å². The predicted molar refractivity (Wildman–Crippen MR) is 120 cm³/mol. The number of esters is 1. The summed E-state index contributed by atoms with van der Waals surface area (Å²) in [6, 6.07) is 4.16. The number of ether oxygens (including phenoxy) is 2. The van der Waals surface area contributed by atoms with E-state index in [2.05, 4.69) is 6.08 Å². The number of aryl methyl sites for hydroxylation is 1. The minimum atomic E-state index is -0.653. The third-order valence-electron chi connectivity index (χ3n) is 4.69. The van der Waals surface area contributed by atoms with Crippen LogP contribution in [0.5, 0.6) is 11.5 Å². The van der Waals surface area contributed by atoms with Crippen LogP contribution in [0.4, 0.5) is 5.69 Å². The lowest BCUT2D eigenvalue weighted by atomic mass is 10.1. The van der Waals surface area contributed by atoms with Gasteiger partial charge in [-0.3, -0.25) is 19.7 Å². The summed E-state index contributed by atoms with van der Waals surface area (Å²) in [6.07, 6.45) is 5.85. The molecule has 0 aliphatic carbocycles. The second-order valence-corrected chi connectivity index (χ2v) is 7.44. The molecule has 0 unspecified atom stereocenters. The summed E-state index contributed by atoms with van der Waals surface area (Å²) in [5, 5.41) is 11.7. The van der Waals surface area contributed by atoms with E-state index in [1.807, 2.05) is 26.8 Å². The SMILES string of the molecule is CCn1c(=O)c(OC(C)=O)c(OC/C=C(\C)CCC=C(C)C)c2ccc([N+](=O)[O-])cc21. The molecule has 1 aromatic carbocycles. The van der Waals surface area contributed by atoms with Gasteiger partial charge in [0.15, 0.2) is 5.75 Å². The highest BCUT2D eigenvalue weighted by Crippen LogP contribution is 2.35. The Morgan fingerprint density at radius 1 is 1.16 bits per heavy atom. The molecular weight excluding hydrogens is 400 g/mol. The number of aromatic nitrogens is 1. The fraction of sp³-hybridized carbons (Fsp3) is 0.391. The third-order valence-corrected chi connectivity index (χ3v) is 4.69. The Morgan fingerprint density at radius 3 is 2.45 bits per heavy atom. The van der Waals surface area contributed by atoms with Crippen LogP contribution in [0.15, 0.2) is 46.3 Å². The van der Waals surface area contributed by atoms with Crippen LogP contribution < -0.4 is 15.0 Å². The van der Waals surface area contributed by atoms with Crippen LogP contribution in [-0.2, 0) is 11.3 Å². The Kier molecular flexibility index (Phi) is 8.13. The number of nitro groups is 1. The molecule has 0 aliphatic heterocycles. The monoisotopic (exact) mass is 428 g/mol. The summed E-state index contributed by atoms with van der Waals surface area (Å²) >= 11 is 0. The molecule has 0 fully saturated rings. The smallest absolute Gasteiger partial charge is 0.308 e. The number of carbonyl (C=O) groups is 1. The quantitative estimate of drug-likeness (QED) is 0.243. The first-order valence-corrected chi connectivity index (χ1v) is 10.1. The van der Waals surface area contributed by atoms with Crippen molar-refractivity contribution in [1.29, 1.82) is 0 Å². The second kappa shape index (κ2) is 10.6. The van der Waals surface area contributed by atoms with E-state index >= 15 is 0 Å². The van der Waals surface area contributed by atoms with Gasteiger partial charge >= 0.3 is 5.97 Å². The minimum absolute atomic E-state index is 0.100. The van der Waals surface area contributed by atoms with Crippen LogP contribution in [0.3, 0.4) is 0 Å². The summed E-state index contributed by atoms with van der Waals surface area (Å²) in [5.41, 5.74) is 2.00. The number of benzene rings is 1. The van der Waals surface area contributed by atoms with E-state index in [1.54, 1.807) is 6.92 Å². The summed E-state index contributed by atoms with van der Waals surface area (Å²) in [7, 11) is 0. The maximum absolute atomic E-state index is 13.0. The van der Waals surface area contributed by atoms with Crippen molar-refractivity contribution < 1.29 is 19.2 Å². The largest absolute Gasteiger partial charge is 0.485 e. The van der Waals surface area contributed by atoms with E-state index in [1.165, 1.54) is 35.3 Å². The molecule has 2 aromatic rings. The van der Waals surface area contributed by atoms with Gasteiger partial charge in [-0.15, -0.1) is 0 Å².